The Hall–Kier alpha value is -5.66. The number of hydrogen-bond acceptors (Lipinski definition) is 1. The molecular weight excluding hydrogens is 855 g/mol. The minimum atomic E-state index is -0.512. The van der Waals surface area contributed by atoms with E-state index in [-0.39, 0.29) is 10.8 Å². The molecule has 356 valence electrons. The molecule has 2 atom stereocenters. The molecule has 10 aliphatic carbocycles. The van der Waals surface area contributed by atoms with Crippen molar-refractivity contribution in [3.05, 3.63) is 208 Å². The van der Waals surface area contributed by atoms with Crippen LogP contribution in [0.4, 0.5) is 17.1 Å². The van der Waals surface area contributed by atoms with Crippen molar-refractivity contribution in [2.75, 3.05) is 4.90 Å². The fourth-order valence-corrected chi connectivity index (χ4v) is 18.7. The minimum Gasteiger partial charge on any atom is -0.310 e. The lowest BCUT2D eigenvalue weighted by molar-refractivity contribution is -0.00518. The number of hydrogen-bond donors (Lipinski definition) is 0. The van der Waals surface area contributed by atoms with Crippen LogP contribution >= 0.6 is 0 Å². The summed E-state index contributed by atoms with van der Waals surface area (Å²) in [5.74, 6) is 5.46. The summed E-state index contributed by atoms with van der Waals surface area (Å²) in [7, 11) is 0. The highest BCUT2D eigenvalue weighted by Crippen LogP contribution is 2.67. The van der Waals surface area contributed by atoms with Gasteiger partial charge in [-0.15, -0.1) is 0 Å². The molecule has 8 bridgehead atoms. The highest BCUT2D eigenvalue weighted by Gasteiger charge is 2.58. The third-order valence-electron chi connectivity index (χ3n) is 21.4. The first-order chi connectivity index (χ1) is 34.5. The van der Waals surface area contributed by atoms with E-state index < -0.39 is 5.41 Å². The molecule has 0 aromatic heterocycles. The third-order valence-corrected chi connectivity index (χ3v) is 21.4. The van der Waals surface area contributed by atoms with Gasteiger partial charge in [0.25, 0.3) is 0 Å². The summed E-state index contributed by atoms with van der Waals surface area (Å²) in [6.45, 7) is 9.90. The Kier molecular flexibility index (Phi) is 9.20. The Labute approximate surface area is 424 Å². The molecule has 0 heterocycles. The fourth-order valence-electron chi connectivity index (χ4n) is 18.7. The maximum atomic E-state index is 2.69. The first-order valence-electron chi connectivity index (χ1n) is 28.1. The second-order valence-electron chi connectivity index (χ2n) is 26.3. The first-order valence-corrected chi connectivity index (χ1v) is 28.1. The van der Waals surface area contributed by atoms with Crippen LogP contribution in [0.5, 0.6) is 0 Å². The quantitative estimate of drug-likeness (QED) is 0.147. The van der Waals surface area contributed by atoms with Crippen molar-refractivity contribution in [2.24, 2.45) is 35.5 Å². The molecule has 17 rings (SSSR count). The number of fused-ring (bicyclic) bond motifs is 4. The van der Waals surface area contributed by atoms with Crippen LogP contribution < -0.4 is 4.90 Å². The van der Waals surface area contributed by atoms with Gasteiger partial charge in [0.15, 0.2) is 0 Å². The second-order valence-corrected chi connectivity index (χ2v) is 26.3. The van der Waals surface area contributed by atoms with E-state index in [1.165, 1.54) is 156 Å². The SMILES string of the molecule is CC1(C)CCC(C)(C)c2cc(-c3cc4c(cc3N(c3ccc(C56CC7CC(CC(C7)C5)C6)cc3)c3ccc(C56CC7CC(CC5C7)C6)cc3)C(c3ccccc3)(c3ccccc3)c3ccccc3-4)ccc21. The normalized spacial score (nSPS) is 30.3. The van der Waals surface area contributed by atoms with Crippen LogP contribution in [0.25, 0.3) is 22.3 Å². The Balaban J connectivity index is 0.987. The minimum absolute atomic E-state index is 0.0844. The standard InChI is InChI=1S/C70H71N/c1-66(2)29-30-67(3,4)64-37-50(19-28-62(64)66)59-38-60-58-17-11-12-18-61(58)70(53-13-7-5-8-14-53,54-15-9-6-10-16-54)63(60)39-65(59)71(57-26-22-52(23-27-57)69-43-48-34-49(44-69)36-55(69)35-48)56-24-20-51(21-25-56)68-40-45-31-46(41-68)33-47(32-45)42-68/h5-28,37-39,45-49,55H,29-36,40-44H2,1-4H3. The van der Waals surface area contributed by atoms with E-state index in [2.05, 4.69) is 196 Å². The van der Waals surface area contributed by atoms with Gasteiger partial charge in [0.2, 0.25) is 0 Å². The van der Waals surface area contributed by atoms with E-state index in [4.69, 9.17) is 0 Å². The van der Waals surface area contributed by atoms with Gasteiger partial charge in [-0.25, -0.2) is 0 Å². The molecule has 1 heteroatoms. The molecule has 0 N–H and O–H groups in total. The first kappa shape index (κ1) is 43.0. The van der Waals surface area contributed by atoms with E-state index in [0.29, 0.717) is 10.8 Å². The summed E-state index contributed by atoms with van der Waals surface area (Å²) < 4.78 is 0. The number of rotatable bonds is 8. The Morgan fingerprint density at radius 2 is 0.901 bits per heavy atom. The van der Waals surface area contributed by atoms with Gasteiger partial charge in [-0.1, -0.05) is 155 Å². The van der Waals surface area contributed by atoms with Crippen LogP contribution in [0.1, 0.15) is 156 Å². The molecule has 0 saturated heterocycles. The van der Waals surface area contributed by atoms with E-state index in [1.807, 2.05) is 0 Å². The van der Waals surface area contributed by atoms with E-state index in [9.17, 15) is 0 Å². The predicted molar refractivity (Wildman–Crippen MR) is 294 cm³/mol. The van der Waals surface area contributed by atoms with Crippen LogP contribution in [0.15, 0.2) is 164 Å². The van der Waals surface area contributed by atoms with Crippen molar-refractivity contribution in [1.82, 2.24) is 0 Å². The van der Waals surface area contributed by atoms with Gasteiger partial charge < -0.3 is 4.90 Å². The molecule has 0 spiro atoms. The molecule has 7 aromatic rings. The molecule has 0 radical (unpaired) electrons. The molecule has 10 aliphatic rings. The number of benzene rings is 7. The lowest BCUT2D eigenvalue weighted by Crippen LogP contribution is -2.48. The zero-order valence-electron chi connectivity index (χ0n) is 42.7. The van der Waals surface area contributed by atoms with Gasteiger partial charge in [0, 0.05) is 16.9 Å². The van der Waals surface area contributed by atoms with Crippen LogP contribution in [-0.4, -0.2) is 0 Å². The number of nitrogens with zero attached hydrogens (tertiary/aromatic N) is 1. The molecule has 0 amide bonds. The average Bonchev–Trinajstić information content (AvgIpc) is 3.93. The number of anilines is 3. The summed E-state index contributed by atoms with van der Waals surface area (Å²) >= 11 is 0. The summed E-state index contributed by atoms with van der Waals surface area (Å²) in [5.41, 5.74) is 21.0. The van der Waals surface area contributed by atoms with Crippen LogP contribution in [-0.2, 0) is 27.1 Å². The van der Waals surface area contributed by atoms with Gasteiger partial charge in [-0.3, -0.25) is 0 Å². The molecule has 8 saturated carbocycles. The van der Waals surface area contributed by atoms with Crippen molar-refractivity contribution in [2.45, 2.75) is 138 Å². The van der Waals surface area contributed by atoms with Gasteiger partial charge in [-0.2, -0.15) is 0 Å². The summed E-state index contributed by atoms with van der Waals surface area (Å²) in [6.07, 6.45) is 18.1. The summed E-state index contributed by atoms with van der Waals surface area (Å²) in [4.78, 5) is 2.69. The predicted octanol–water partition coefficient (Wildman–Crippen LogP) is 18.1. The van der Waals surface area contributed by atoms with Crippen molar-refractivity contribution in [3.8, 4) is 22.3 Å². The molecule has 2 unspecified atom stereocenters. The van der Waals surface area contributed by atoms with Crippen LogP contribution in [0, 0.1) is 35.5 Å². The Morgan fingerprint density at radius 1 is 0.380 bits per heavy atom. The molecular formula is C70H71N. The Bertz CT molecular complexity index is 3140. The van der Waals surface area contributed by atoms with Gasteiger partial charge in [-0.05, 0) is 238 Å². The lowest BCUT2D eigenvalue weighted by atomic mass is 9.48. The maximum absolute atomic E-state index is 2.69. The van der Waals surface area contributed by atoms with Crippen molar-refractivity contribution in [3.63, 3.8) is 0 Å². The van der Waals surface area contributed by atoms with Gasteiger partial charge >= 0.3 is 0 Å². The van der Waals surface area contributed by atoms with E-state index in [1.54, 1.807) is 11.1 Å². The van der Waals surface area contributed by atoms with Gasteiger partial charge in [0.05, 0.1) is 11.1 Å². The van der Waals surface area contributed by atoms with Crippen molar-refractivity contribution in [1.29, 1.82) is 0 Å². The molecule has 71 heavy (non-hydrogen) atoms. The molecule has 7 aromatic carbocycles. The van der Waals surface area contributed by atoms with E-state index in [0.717, 1.165) is 35.5 Å². The summed E-state index contributed by atoms with van der Waals surface area (Å²) in [5, 5.41) is 0. The maximum Gasteiger partial charge on any atom is 0.0714 e. The zero-order chi connectivity index (χ0) is 47.5. The van der Waals surface area contributed by atoms with Crippen molar-refractivity contribution < 1.29 is 0 Å². The zero-order valence-corrected chi connectivity index (χ0v) is 42.7. The van der Waals surface area contributed by atoms with Gasteiger partial charge in [0.1, 0.15) is 0 Å². The third kappa shape index (κ3) is 6.23. The smallest absolute Gasteiger partial charge is 0.0714 e. The fraction of sp³-hybridized carbons (Fsp3) is 0.400. The highest BCUT2D eigenvalue weighted by atomic mass is 15.1. The summed E-state index contributed by atoms with van der Waals surface area (Å²) in [6, 6.07) is 65.5. The lowest BCUT2D eigenvalue weighted by Gasteiger charge is -2.57. The highest BCUT2D eigenvalue weighted by molar-refractivity contribution is 5.97. The Morgan fingerprint density at radius 3 is 1.49 bits per heavy atom. The molecule has 1 nitrogen and oxygen atoms in total. The molecule has 0 aliphatic heterocycles. The molecule has 8 fully saturated rings. The monoisotopic (exact) mass is 926 g/mol. The van der Waals surface area contributed by atoms with Crippen molar-refractivity contribution >= 4 is 17.1 Å². The largest absolute Gasteiger partial charge is 0.310 e. The van der Waals surface area contributed by atoms with Crippen LogP contribution in [0.3, 0.4) is 0 Å². The average molecular weight is 926 g/mol. The van der Waals surface area contributed by atoms with E-state index >= 15 is 0 Å². The van der Waals surface area contributed by atoms with Crippen LogP contribution in [0.2, 0.25) is 0 Å². The second kappa shape index (κ2) is 15.2. The topological polar surface area (TPSA) is 3.24 Å².